The van der Waals surface area contributed by atoms with Crippen LogP contribution in [-0.2, 0) is 0 Å². The highest BCUT2D eigenvalue weighted by molar-refractivity contribution is 5.60. The van der Waals surface area contributed by atoms with E-state index in [0.717, 1.165) is 5.69 Å². The van der Waals surface area contributed by atoms with E-state index >= 15 is 0 Å². The molecule has 0 radical (unpaired) electrons. The minimum Gasteiger partial charge on any atom is -0.329 e. The lowest BCUT2D eigenvalue weighted by atomic mass is 10.1. The maximum atomic E-state index is 13.0. The Balaban J connectivity index is 2.39. The summed E-state index contributed by atoms with van der Waals surface area (Å²) in [5.74, 6) is 0.0220. The Morgan fingerprint density at radius 1 is 1.00 bits per heavy atom. The van der Waals surface area contributed by atoms with Gasteiger partial charge in [-0.25, -0.2) is 9.97 Å². The van der Waals surface area contributed by atoms with Gasteiger partial charge in [0.2, 0.25) is 5.95 Å². The fourth-order valence-corrected chi connectivity index (χ4v) is 1.78. The number of halogens is 1. The van der Waals surface area contributed by atoms with Gasteiger partial charge in [-0.2, -0.15) is 4.39 Å². The van der Waals surface area contributed by atoms with E-state index in [4.69, 9.17) is 0 Å². The van der Waals surface area contributed by atoms with E-state index < -0.39 is 5.95 Å². The van der Waals surface area contributed by atoms with Crippen molar-refractivity contribution in [1.82, 2.24) is 9.97 Å². The van der Waals surface area contributed by atoms with Crippen LogP contribution in [0.15, 0.2) is 30.6 Å². The first-order valence-electron chi connectivity index (χ1n) is 5.36. The lowest BCUT2D eigenvalue weighted by molar-refractivity contribution is 0.579. The third-order valence-electron chi connectivity index (χ3n) is 2.56. The second kappa shape index (κ2) is 4.49. The standard InChI is InChI=1S/C13H14FN3/c1-9-4-10(2)6-11(5-9)17(3)13-7-12(14)15-8-16-13/h4-8H,1-3H3. The van der Waals surface area contributed by atoms with Gasteiger partial charge in [-0.3, -0.25) is 0 Å². The summed E-state index contributed by atoms with van der Waals surface area (Å²) < 4.78 is 13.0. The molecule has 0 unspecified atom stereocenters. The third kappa shape index (κ3) is 2.58. The summed E-state index contributed by atoms with van der Waals surface area (Å²) in [5.41, 5.74) is 3.32. The van der Waals surface area contributed by atoms with Crippen molar-refractivity contribution in [2.75, 3.05) is 11.9 Å². The number of aryl methyl sites for hydroxylation is 2. The number of hydrogen-bond acceptors (Lipinski definition) is 3. The van der Waals surface area contributed by atoms with E-state index in [1.807, 2.05) is 37.9 Å². The molecule has 0 atom stereocenters. The summed E-state index contributed by atoms with van der Waals surface area (Å²) in [7, 11) is 1.86. The SMILES string of the molecule is Cc1cc(C)cc(N(C)c2cc(F)ncn2)c1. The second-order valence-corrected chi connectivity index (χ2v) is 4.10. The molecule has 0 spiro atoms. The summed E-state index contributed by atoms with van der Waals surface area (Å²) in [5, 5.41) is 0. The molecule has 0 fully saturated rings. The summed E-state index contributed by atoms with van der Waals surface area (Å²) >= 11 is 0. The van der Waals surface area contributed by atoms with Gasteiger partial charge in [0.25, 0.3) is 0 Å². The minimum absolute atomic E-state index is 0.522. The van der Waals surface area contributed by atoms with E-state index in [1.54, 1.807) is 0 Å². The topological polar surface area (TPSA) is 29.0 Å². The number of anilines is 2. The maximum Gasteiger partial charge on any atom is 0.218 e. The van der Waals surface area contributed by atoms with Crippen LogP contribution in [-0.4, -0.2) is 17.0 Å². The van der Waals surface area contributed by atoms with E-state index in [2.05, 4.69) is 16.0 Å². The van der Waals surface area contributed by atoms with Crippen LogP contribution in [0.4, 0.5) is 15.9 Å². The lowest BCUT2D eigenvalue weighted by Gasteiger charge is -2.19. The fraction of sp³-hybridized carbons (Fsp3) is 0.231. The van der Waals surface area contributed by atoms with Crippen molar-refractivity contribution in [2.24, 2.45) is 0 Å². The Hall–Kier alpha value is -1.97. The van der Waals surface area contributed by atoms with Gasteiger partial charge >= 0.3 is 0 Å². The highest BCUT2D eigenvalue weighted by Gasteiger charge is 2.07. The molecule has 0 bridgehead atoms. The van der Waals surface area contributed by atoms with E-state index in [1.165, 1.54) is 23.5 Å². The quantitative estimate of drug-likeness (QED) is 0.744. The van der Waals surface area contributed by atoms with Crippen molar-refractivity contribution in [2.45, 2.75) is 13.8 Å². The van der Waals surface area contributed by atoms with Gasteiger partial charge in [0.1, 0.15) is 12.1 Å². The van der Waals surface area contributed by atoms with Crippen molar-refractivity contribution in [3.8, 4) is 0 Å². The van der Waals surface area contributed by atoms with Crippen LogP contribution in [0, 0.1) is 19.8 Å². The Morgan fingerprint density at radius 3 is 2.24 bits per heavy atom. The normalized spacial score (nSPS) is 10.4. The van der Waals surface area contributed by atoms with Gasteiger partial charge in [-0.1, -0.05) is 6.07 Å². The Morgan fingerprint density at radius 2 is 1.65 bits per heavy atom. The first-order valence-corrected chi connectivity index (χ1v) is 5.36. The first kappa shape index (κ1) is 11.5. The summed E-state index contributed by atoms with van der Waals surface area (Å²) in [6.07, 6.45) is 1.23. The Bertz CT molecular complexity index is 520. The molecule has 2 aromatic rings. The Kier molecular flexibility index (Phi) is 3.04. The predicted octanol–water partition coefficient (Wildman–Crippen LogP) is 3.00. The number of rotatable bonds is 2. The van der Waals surface area contributed by atoms with Crippen molar-refractivity contribution in [3.63, 3.8) is 0 Å². The molecule has 4 heteroatoms. The molecule has 0 N–H and O–H groups in total. The molecule has 0 amide bonds. The summed E-state index contributed by atoms with van der Waals surface area (Å²) in [6, 6.07) is 7.48. The zero-order valence-corrected chi connectivity index (χ0v) is 10.1. The molecule has 0 aliphatic rings. The zero-order chi connectivity index (χ0) is 12.4. The third-order valence-corrected chi connectivity index (χ3v) is 2.56. The smallest absolute Gasteiger partial charge is 0.218 e. The van der Waals surface area contributed by atoms with Gasteiger partial charge in [-0.15, -0.1) is 0 Å². The summed E-state index contributed by atoms with van der Waals surface area (Å²) in [4.78, 5) is 9.33. The average Bonchev–Trinajstić information content (AvgIpc) is 2.26. The van der Waals surface area contributed by atoms with Gasteiger partial charge < -0.3 is 4.90 Å². The van der Waals surface area contributed by atoms with Crippen LogP contribution >= 0.6 is 0 Å². The minimum atomic E-state index is -0.522. The van der Waals surface area contributed by atoms with Crippen molar-refractivity contribution in [3.05, 3.63) is 47.7 Å². The van der Waals surface area contributed by atoms with Crippen molar-refractivity contribution in [1.29, 1.82) is 0 Å². The molecular formula is C13H14FN3. The molecular weight excluding hydrogens is 217 g/mol. The van der Waals surface area contributed by atoms with E-state index in [0.29, 0.717) is 5.82 Å². The molecule has 0 saturated heterocycles. The average molecular weight is 231 g/mol. The zero-order valence-electron chi connectivity index (χ0n) is 10.1. The van der Waals surface area contributed by atoms with Gasteiger partial charge in [-0.05, 0) is 37.1 Å². The predicted molar refractivity (Wildman–Crippen MR) is 66.0 cm³/mol. The van der Waals surface area contributed by atoms with E-state index in [9.17, 15) is 4.39 Å². The van der Waals surface area contributed by atoms with Crippen LogP contribution in [0.1, 0.15) is 11.1 Å². The van der Waals surface area contributed by atoms with Crippen LogP contribution in [0.25, 0.3) is 0 Å². The van der Waals surface area contributed by atoms with E-state index in [-0.39, 0.29) is 0 Å². The first-order chi connectivity index (χ1) is 8.06. The van der Waals surface area contributed by atoms with Gasteiger partial charge in [0, 0.05) is 18.8 Å². The molecule has 0 saturated carbocycles. The molecule has 3 nitrogen and oxygen atoms in total. The lowest BCUT2D eigenvalue weighted by Crippen LogP contribution is -2.12. The molecule has 1 aromatic heterocycles. The molecule has 1 heterocycles. The van der Waals surface area contributed by atoms with Crippen LogP contribution in [0.2, 0.25) is 0 Å². The largest absolute Gasteiger partial charge is 0.329 e. The molecule has 88 valence electrons. The van der Waals surface area contributed by atoms with Crippen LogP contribution < -0.4 is 4.90 Å². The highest BCUT2D eigenvalue weighted by atomic mass is 19.1. The molecule has 0 aliphatic heterocycles. The molecule has 1 aromatic carbocycles. The van der Waals surface area contributed by atoms with Crippen LogP contribution in [0.3, 0.4) is 0 Å². The van der Waals surface area contributed by atoms with Crippen molar-refractivity contribution < 1.29 is 4.39 Å². The Labute approximate surface area is 99.9 Å². The van der Waals surface area contributed by atoms with Crippen molar-refractivity contribution >= 4 is 11.5 Å². The molecule has 2 rings (SSSR count). The molecule has 17 heavy (non-hydrogen) atoms. The summed E-state index contributed by atoms with van der Waals surface area (Å²) in [6.45, 7) is 4.07. The van der Waals surface area contributed by atoms with Gasteiger partial charge in [0.05, 0.1) is 0 Å². The van der Waals surface area contributed by atoms with Crippen LogP contribution in [0.5, 0.6) is 0 Å². The molecule has 0 aliphatic carbocycles. The number of aromatic nitrogens is 2. The maximum absolute atomic E-state index is 13.0. The monoisotopic (exact) mass is 231 g/mol. The second-order valence-electron chi connectivity index (χ2n) is 4.10. The van der Waals surface area contributed by atoms with Gasteiger partial charge in [0.15, 0.2) is 0 Å². The number of benzene rings is 1. The fourth-order valence-electron chi connectivity index (χ4n) is 1.78. The number of hydrogen-bond donors (Lipinski definition) is 0. The number of nitrogens with zero attached hydrogens (tertiary/aromatic N) is 3. The highest BCUT2D eigenvalue weighted by Crippen LogP contribution is 2.23.